The molecule has 1 aliphatic rings. The van der Waals surface area contributed by atoms with Gasteiger partial charge in [-0.2, -0.15) is 5.26 Å². The van der Waals surface area contributed by atoms with Crippen LogP contribution in [0.2, 0.25) is 0 Å². The zero-order valence-electron chi connectivity index (χ0n) is 12.6. The molecular weight excluding hydrogens is 268 g/mol. The lowest BCUT2D eigenvalue weighted by Crippen LogP contribution is -2.32. The number of phenolic OH excluding ortho intramolecular Hbond substituents is 1. The van der Waals surface area contributed by atoms with Crippen molar-refractivity contribution in [3.8, 4) is 11.8 Å². The van der Waals surface area contributed by atoms with Gasteiger partial charge in [0.15, 0.2) is 0 Å². The number of amides is 1. The summed E-state index contributed by atoms with van der Waals surface area (Å²) in [4.78, 5) is 11.8. The molecule has 5 nitrogen and oxygen atoms in total. The van der Waals surface area contributed by atoms with Gasteiger partial charge in [0.25, 0.3) is 0 Å². The molecule has 0 radical (unpaired) electrons. The first kappa shape index (κ1) is 15.2. The minimum Gasteiger partial charge on any atom is -0.506 e. The largest absolute Gasteiger partial charge is 0.506 e. The maximum absolute atomic E-state index is 11.8. The maximum Gasteiger partial charge on any atom is 0.412 e. The number of carbonyl (C=O) groups is 1. The standard InChI is InChI=1S/C16H20N2O3/c1-15(2,3)21-14(20)18-12-9-11(5-6-13(12)19)16(10-17)7-4-8-16/h5-6,9,19H,4,7-8H2,1-3H3,(H,18,20). The number of hydrogen-bond acceptors (Lipinski definition) is 4. The Morgan fingerprint density at radius 3 is 2.57 bits per heavy atom. The van der Waals surface area contributed by atoms with E-state index in [0.29, 0.717) is 0 Å². The summed E-state index contributed by atoms with van der Waals surface area (Å²) in [6, 6.07) is 7.23. The molecule has 1 aromatic carbocycles. The minimum absolute atomic E-state index is 0.0444. The van der Waals surface area contributed by atoms with E-state index in [0.717, 1.165) is 24.8 Å². The predicted molar refractivity (Wildman–Crippen MR) is 79.1 cm³/mol. The Kier molecular flexibility index (Phi) is 3.82. The summed E-state index contributed by atoms with van der Waals surface area (Å²) in [5.41, 5.74) is -0.0135. The minimum atomic E-state index is -0.630. The summed E-state index contributed by atoms with van der Waals surface area (Å²) < 4.78 is 5.16. The van der Waals surface area contributed by atoms with Crippen molar-refractivity contribution >= 4 is 11.8 Å². The summed E-state index contributed by atoms with van der Waals surface area (Å²) >= 11 is 0. The predicted octanol–water partition coefficient (Wildman–Crippen LogP) is 3.68. The van der Waals surface area contributed by atoms with Crippen LogP contribution in [0, 0.1) is 11.3 Å². The monoisotopic (exact) mass is 288 g/mol. The molecule has 1 amide bonds. The zero-order valence-corrected chi connectivity index (χ0v) is 12.6. The molecule has 5 heteroatoms. The van der Waals surface area contributed by atoms with Gasteiger partial charge in [0.2, 0.25) is 0 Å². The molecule has 0 saturated heterocycles. The average molecular weight is 288 g/mol. The molecule has 0 bridgehead atoms. The summed E-state index contributed by atoms with van der Waals surface area (Å²) in [7, 11) is 0. The number of phenols is 1. The van der Waals surface area contributed by atoms with E-state index in [4.69, 9.17) is 4.74 Å². The highest BCUT2D eigenvalue weighted by Gasteiger charge is 2.39. The van der Waals surface area contributed by atoms with Crippen molar-refractivity contribution < 1.29 is 14.6 Å². The van der Waals surface area contributed by atoms with E-state index in [2.05, 4.69) is 11.4 Å². The Bertz CT molecular complexity index is 593. The molecule has 2 N–H and O–H groups in total. The number of aromatic hydroxyl groups is 1. The van der Waals surface area contributed by atoms with E-state index in [-0.39, 0.29) is 11.4 Å². The van der Waals surface area contributed by atoms with E-state index < -0.39 is 17.1 Å². The fourth-order valence-electron chi connectivity index (χ4n) is 2.34. The van der Waals surface area contributed by atoms with Crippen molar-refractivity contribution in [1.29, 1.82) is 5.26 Å². The Balaban J connectivity index is 2.21. The molecule has 112 valence electrons. The van der Waals surface area contributed by atoms with Gasteiger partial charge in [-0.25, -0.2) is 4.79 Å². The third-order valence-electron chi connectivity index (χ3n) is 3.61. The van der Waals surface area contributed by atoms with Crippen LogP contribution < -0.4 is 5.32 Å². The van der Waals surface area contributed by atoms with Gasteiger partial charge in [0.05, 0.1) is 17.2 Å². The van der Waals surface area contributed by atoms with Crippen LogP contribution in [0.1, 0.15) is 45.6 Å². The number of carbonyl (C=O) groups excluding carboxylic acids is 1. The van der Waals surface area contributed by atoms with Crippen molar-refractivity contribution in [3.63, 3.8) is 0 Å². The van der Waals surface area contributed by atoms with Gasteiger partial charge in [-0.05, 0) is 57.7 Å². The molecule has 0 spiro atoms. The lowest BCUT2D eigenvalue weighted by molar-refractivity contribution is 0.0635. The van der Waals surface area contributed by atoms with Crippen LogP contribution in [0.3, 0.4) is 0 Å². The van der Waals surface area contributed by atoms with E-state index in [1.807, 2.05) is 0 Å². The van der Waals surface area contributed by atoms with Crippen molar-refractivity contribution in [2.24, 2.45) is 0 Å². The van der Waals surface area contributed by atoms with Crippen LogP contribution in [0.15, 0.2) is 18.2 Å². The molecule has 2 rings (SSSR count). The van der Waals surface area contributed by atoms with Gasteiger partial charge < -0.3 is 9.84 Å². The average Bonchev–Trinajstić information content (AvgIpc) is 2.30. The summed E-state index contributed by atoms with van der Waals surface area (Å²) in [5.74, 6) is -0.0444. The number of ether oxygens (including phenoxy) is 1. The smallest absolute Gasteiger partial charge is 0.412 e. The van der Waals surface area contributed by atoms with Crippen LogP contribution >= 0.6 is 0 Å². The van der Waals surface area contributed by atoms with Crippen molar-refractivity contribution in [3.05, 3.63) is 23.8 Å². The van der Waals surface area contributed by atoms with E-state index >= 15 is 0 Å². The van der Waals surface area contributed by atoms with Gasteiger partial charge >= 0.3 is 6.09 Å². The molecule has 0 unspecified atom stereocenters. The van der Waals surface area contributed by atoms with Crippen LogP contribution in [0.5, 0.6) is 5.75 Å². The number of nitrogens with one attached hydrogen (secondary N) is 1. The number of nitriles is 1. The highest BCUT2D eigenvalue weighted by molar-refractivity contribution is 5.87. The van der Waals surface area contributed by atoms with E-state index in [1.54, 1.807) is 32.9 Å². The molecule has 0 heterocycles. The maximum atomic E-state index is 11.8. The Morgan fingerprint density at radius 2 is 2.10 bits per heavy atom. The molecule has 0 aliphatic heterocycles. The van der Waals surface area contributed by atoms with Crippen molar-refractivity contribution in [2.75, 3.05) is 5.32 Å². The molecule has 1 fully saturated rings. The second-order valence-corrected chi connectivity index (χ2v) is 6.41. The second-order valence-electron chi connectivity index (χ2n) is 6.41. The third-order valence-corrected chi connectivity index (χ3v) is 3.61. The highest BCUT2D eigenvalue weighted by atomic mass is 16.6. The van der Waals surface area contributed by atoms with Crippen molar-refractivity contribution in [2.45, 2.75) is 51.0 Å². The first-order chi connectivity index (χ1) is 9.76. The highest BCUT2D eigenvalue weighted by Crippen LogP contribution is 2.44. The fraction of sp³-hybridized carbons (Fsp3) is 0.500. The van der Waals surface area contributed by atoms with Gasteiger partial charge in [0.1, 0.15) is 11.4 Å². The number of benzene rings is 1. The van der Waals surface area contributed by atoms with Crippen LogP contribution in [0.4, 0.5) is 10.5 Å². The zero-order chi connectivity index (χ0) is 15.7. The first-order valence-electron chi connectivity index (χ1n) is 7.00. The van der Waals surface area contributed by atoms with Gasteiger partial charge in [-0.15, -0.1) is 0 Å². The topological polar surface area (TPSA) is 82.3 Å². The molecule has 1 saturated carbocycles. The molecular formula is C16H20N2O3. The van der Waals surface area contributed by atoms with E-state index in [1.165, 1.54) is 6.07 Å². The lowest BCUT2D eigenvalue weighted by atomic mass is 9.65. The Morgan fingerprint density at radius 1 is 1.43 bits per heavy atom. The second kappa shape index (κ2) is 5.28. The number of rotatable bonds is 2. The normalized spacial score (nSPS) is 16.5. The molecule has 0 atom stereocenters. The molecule has 0 aromatic heterocycles. The molecule has 1 aromatic rings. The van der Waals surface area contributed by atoms with Gasteiger partial charge in [-0.3, -0.25) is 5.32 Å². The quantitative estimate of drug-likeness (QED) is 0.813. The summed E-state index contributed by atoms with van der Waals surface area (Å²) in [6.07, 6.45) is 2.00. The fourth-order valence-corrected chi connectivity index (χ4v) is 2.34. The Labute approximate surface area is 124 Å². The van der Waals surface area contributed by atoms with Gasteiger partial charge in [-0.1, -0.05) is 6.07 Å². The lowest BCUT2D eigenvalue weighted by Gasteiger charge is -2.35. The first-order valence-corrected chi connectivity index (χ1v) is 7.00. The number of hydrogen-bond donors (Lipinski definition) is 2. The molecule has 1 aliphatic carbocycles. The van der Waals surface area contributed by atoms with E-state index in [9.17, 15) is 15.2 Å². The SMILES string of the molecule is CC(C)(C)OC(=O)Nc1cc(C2(C#N)CCC2)ccc1O. The van der Waals surface area contributed by atoms with Gasteiger partial charge in [0, 0.05) is 0 Å². The molecule has 21 heavy (non-hydrogen) atoms. The number of anilines is 1. The number of nitrogens with zero attached hydrogens (tertiary/aromatic N) is 1. The Hall–Kier alpha value is -2.22. The summed E-state index contributed by atoms with van der Waals surface area (Å²) in [6.45, 7) is 5.30. The van der Waals surface area contributed by atoms with Crippen molar-refractivity contribution in [1.82, 2.24) is 0 Å². The van der Waals surface area contributed by atoms with Crippen LogP contribution in [-0.4, -0.2) is 16.8 Å². The summed E-state index contributed by atoms with van der Waals surface area (Å²) in [5, 5.41) is 21.7. The van der Waals surface area contributed by atoms with Crippen LogP contribution in [0.25, 0.3) is 0 Å². The van der Waals surface area contributed by atoms with Crippen LogP contribution in [-0.2, 0) is 10.2 Å². The third kappa shape index (κ3) is 3.27.